The molecule has 0 amide bonds. The second-order valence-electron chi connectivity index (χ2n) is 8.14. The molecule has 2 aliphatic rings. The Bertz CT molecular complexity index is 1010. The summed E-state index contributed by atoms with van der Waals surface area (Å²) < 4.78 is 7.93. The predicted molar refractivity (Wildman–Crippen MR) is 115 cm³/mol. The topological polar surface area (TPSA) is 67.2 Å². The second kappa shape index (κ2) is 7.65. The third-order valence-corrected chi connectivity index (χ3v) is 6.03. The molecule has 2 N–H and O–H groups in total. The van der Waals surface area contributed by atoms with Gasteiger partial charge in [0.05, 0.1) is 23.3 Å². The van der Waals surface area contributed by atoms with Crippen LogP contribution in [0.5, 0.6) is 5.75 Å². The average Bonchev–Trinajstić information content (AvgIpc) is 3.14. The van der Waals surface area contributed by atoms with Crippen LogP contribution in [0.3, 0.4) is 0 Å². The van der Waals surface area contributed by atoms with Gasteiger partial charge in [0.25, 0.3) is 0 Å². The van der Waals surface area contributed by atoms with E-state index in [4.69, 9.17) is 4.74 Å². The van der Waals surface area contributed by atoms with Crippen molar-refractivity contribution in [3.05, 3.63) is 47.8 Å². The van der Waals surface area contributed by atoms with Crippen LogP contribution < -0.4 is 20.3 Å². The minimum absolute atomic E-state index is 0.376. The molecule has 1 aromatic carbocycles. The maximum Gasteiger partial charge on any atom is 0.159 e. The minimum Gasteiger partial charge on any atom is -0.492 e. The van der Waals surface area contributed by atoms with Gasteiger partial charge in [-0.25, -0.2) is 4.98 Å². The van der Waals surface area contributed by atoms with Gasteiger partial charge in [-0.05, 0) is 35.2 Å². The number of benzene rings is 1. The van der Waals surface area contributed by atoms with Gasteiger partial charge in [0, 0.05) is 46.0 Å². The maximum atomic E-state index is 6.10. The lowest BCUT2D eigenvalue weighted by atomic mass is 9.90. The molecule has 7 nitrogen and oxygen atoms in total. The third kappa shape index (κ3) is 3.56. The monoisotopic (exact) mass is 392 g/mol. The van der Waals surface area contributed by atoms with Crippen LogP contribution in [0.2, 0.25) is 0 Å². The molecule has 7 heteroatoms. The van der Waals surface area contributed by atoms with Crippen molar-refractivity contribution in [2.24, 2.45) is 7.05 Å². The molecule has 0 radical (unpaired) electrons. The molecular weight excluding hydrogens is 364 g/mol. The first-order valence-electron chi connectivity index (χ1n) is 10.4. The lowest BCUT2D eigenvalue weighted by molar-refractivity contribution is 0.246. The molecule has 1 saturated heterocycles. The summed E-state index contributed by atoms with van der Waals surface area (Å²) in [6, 6.07) is 9.05. The number of nitrogens with one attached hydrogen (secondary N) is 2. The van der Waals surface area contributed by atoms with Crippen LogP contribution >= 0.6 is 0 Å². The fourth-order valence-electron chi connectivity index (χ4n) is 4.48. The Morgan fingerprint density at radius 1 is 1.24 bits per heavy atom. The van der Waals surface area contributed by atoms with Gasteiger partial charge in [-0.2, -0.15) is 5.10 Å². The molecular formula is C22H28N6O. The van der Waals surface area contributed by atoms with Gasteiger partial charge in [-0.3, -0.25) is 4.68 Å². The molecule has 0 spiro atoms. The molecule has 0 saturated carbocycles. The zero-order valence-electron chi connectivity index (χ0n) is 17.1. The van der Waals surface area contributed by atoms with Gasteiger partial charge in [-0.1, -0.05) is 13.0 Å². The van der Waals surface area contributed by atoms with Crippen molar-refractivity contribution >= 4 is 16.7 Å². The number of ether oxygens (including phenoxy) is 1. The lowest BCUT2D eigenvalue weighted by Crippen LogP contribution is -2.50. The van der Waals surface area contributed by atoms with Gasteiger partial charge in [0.15, 0.2) is 5.65 Å². The van der Waals surface area contributed by atoms with Crippen LogP contribution in [0.1, 0.15) is 24.0 Å². The van der Waals surface area contributed by atoms with Gasteiger partial charge < -0.3 is 20.3 Å². The van der Waals surface area contributed by atoms with Gasteiger partial charge in [-0.15, -0.1) is 0 Å². The summed E-state index contributed by atoms with van der Waals surface area (Å²) in [6.07, 6.45) is 3.80. The van der Waals surface area contributed by atoms with Crippen LogP contribution in [0.25, 0.3) is 11.0 Å². The molecule has 1 fully saturated rings. The van der Waals surface area contributed by atoms with E-state index in [2.05, 4.69) is 56.8 Å². The second-order valence-corrected chi connectivity index (χ2v) is 8.14. The number of anilines is 1. The number of fused-ring (bicyclic) bond motifs is 2. The van der Waals surface area contributed by atoms with E-state index < -0.39 is 0 Å². The standard InChI is InChI=1S/C22H28N6O/c1-15-12-28(21-5-6-25-22-20(21)11-26-27(22)2)13-16-3-4-18(9-19(15)16)29-14-17-10-23-7-8-24-17/h3-6,9,11,15,17,23-24H,7-8,10,12-14H2,1-2H3/t15-,17-/m0/s1. The quantitative estimate of drug-likeness (QED) is 0.708. The molecule has 2 atom stereocenters. The van der Waals surface area contributed by atoms with Crippen molar-refractivity contribution < 1.29 is 4.74 Å². The molecule has 3 aromatic rings. The first-order valence-corrected chi connectivity index (χ1v) is 10.4. The van der Waals surface area contributed by atoms with Gasteiger partial charge >= 0.3 is 0 Å². The van der Waals surface area contributed by atoms with E-state index in [0.717, 1.165) is 49.5 Å². The molecule has 0 unspecified atom stereocenters. The Labute approximate surface area is 171 Å². The Kier molecular flexibility index (Phi) is 4.85. The summed E-state index contributed by atoms with van der Waals surface area (Å²) in [5, 5.41) is 12.4. The summed E-state index contributed by atoms with van der Waals surface area (Å²) in [5.74, 6) is 1.40. The van der Waals surface area contributed by atoms with Crippen LogP contribution in [0.4, 0.5) is 5.69 Å². The van der Waals surface area contributed by atoms with E-state index in [1.54, 1.807) is 0 Å². The van der Waals surface area contributed by atoms with Gasteiger partial charge in [0.2, 0.25) is 0 Å². The van der Waals surface area contributed by atoms with Crippen molar-refractivity contribution in [1.29, 1.82) is 0 Å². The molecule has 0 aliphatic carbocycles. The highest BCUT2D eigenvalue weighted by molar-refractivity contribution is 5.89. The Morgan fingerprint density at radius 3 is 3.03 bits per heavy atom. The maximum absolute atomic E-state index is 6.10. The fourth-order valence-corrected chi connectivity index (χ4v) is 4.48. The predicted octanol–water partition coefficient (Wildman–Crippen LogP) is 2.03. The lowest BCUT2D eigenvalue weighted by Gasteiger charge is -2.35. The number of aromatic nitrogens is 3. The van der Waals surface area contributed by atoms with Crippen molar-refractivity contribution in [3.63, 3.8) is 0 Å². The first-order chi connectivity index (χ1) is 14.2. The average molecular weight is 393 g/mol. The minimum atomic E-state index is 0.376. The number of rotatable bonds is 4. The van der Waals surface area contributed by atoms with Gasteiger partial charge in [0.1, 0.15) is 12.4 Å². The zero-order valence-corrected chi connectivity index (χ0v) is 17.1. The number of pyridine rings is 1. The smallest absolute Gasteiger partial charge is 0.159 e. The van der Waals surface area contributed by atoms with Crippen molar-refractivity contribution in [2.45, 2.75) is 25.4 Å². The van der Waals surface area contributed by atoms with Crippen molar-refractivity contribution in [2.75, 3.05) is 37.7 Å². The number of nitrogens with zero attached hydrogens (tertiary/aromatic N) is 4. The zero-order chi connectivity index (χ0) is 19.8. The SMILES string of the molecule is C[C@H]1CN(c2ccnc3c2cnn3C)Cc2ccc(OC[C@@H]3CNCCN3)cc21. The summed E-state index contributed by atoms with van der Waals surface area (Å²) >= 11 is 0. The van der Waals surface area contributed by atoms with E-state index in [9.17, 15) is 0 Å². The van der Waals surface area contributed by atoms with E-state index in [1.165, 1.54) is 16.8 Å². The van der Waals surface area contributed by atoms with Crippen LogP contribution in [0, 0.1) is 0 Å². The summed E-state index contributed by atoms with van der Waals surface area (Å²) in [5.41, 5.74) is 4.89. The molecule has 0 bridgehead atoms. The number of aryl methyl sites for hydroxylation is 1. The van der Waals surface area contributed by atoms with Crippen molar-refractivity contribution in [3.8, 4) is 5.75 Å². The number of hydrogen-bond donors (Lipinski definition) is 2. The number of piperazine rings is 1. The van der Waals surface area contributed by atoms with Crippen molar-refractivity contribution in [1.82, 2.24) is 25.4 Å². The Hall–Kier alpha value is -2.64. The van der Waals surface area contributed by atoms with Crippen LogP contribution in [-0.2, 0) is 13.6 Å². The van der Waals surface area contributed by atoms with Crippen LogP contribution in [0.15, 0.2) is 36.7 Å². The summed E-state index contributed by atoms with van der Waals surface area (Å²) in [4.78, 5) is 6.92. The molecule has 4 heterocycles. The van der Waals surface area contributed by atoms with E-state index in [0.29, 0.717) is 18.6 Å². The first kappa shape index (κ1) is 18.4. The largest absolute Gasteiger partial charge is 0.492 e. The molecule has 29 heavy (non-hydrogen) atoms. The molecule has 2 aromatic heterocycles. The van der Waals surface area contributed by atoms with Crippen LogP contribution in [-0.4, -0.2) is 53.6 Å². The Balaban J connectivity index is 1.35. The van der Waals surface area contributed by atoms with E-state index in [-0.39, 0.29) is 0 Å². The molecule has 5 rings (SSSR count). The highest BCUT2D eigenvalue weighted by Gasteiger charge is 2.25. The Morgan fingerprint density at radius 2 is 2.17 bits per heavy atom. The normalized spacial score (nSPS) is 21.9. The van der Waals surface area contributed by atoms with E-state index in [1.807, 2.05) is 24.1 Å². The molecule has 2 aliphatic heterocycles. The van der Waals surface area contributed by atoms with E-state index >= 15 is 0 Å². The highest BCUT2D eigenvalue weighted by Crippen LogP contribution is 2.35. The highest BCUT2D eigenvalue weighted by atomic mass is 16.5. The third-order valence-electron chi connectivity index (χ3n) is 6.03. The fraction of sp³-hybridized carbons (Fsp3) is 0.455. The molecule has 152 valence electrons. The summed E-state index contributed by atoms with van der Waals surface area (Å²) in [7, 11) is 1.94. The number of hydrogen-bond acceptors (Lipinski definition) is 6. The summed E-state index contributed by atoms with van der Waals surface area (Å²) in [6.45, 7) is 7.85.